The van der Waals surface area contributed by atoms with Crippen LogP contribution in [0.15, 0.2) is 30.3 Å². The van der Waals surface area contributed by atoms with E-state index in [9.17, 15) is 4.79 Å². The number of rotatable bonds is 6. The van der Waals surface area contributed by atoms with Crippen molar-refractivity contribution in [2.45, 2.75) is 38.7 Å². The summed E-state index contributed by atoms with van der Waals surface area (Å²) in [5.41, 5.74) is 1.21. The molecule has 2 rings (SSSR count). The van der Waals surface area contributed by atoms with Crippen molar-refractivity contribution in [3.05, 3.63) is 35.9 Å². The number of hydrogen-bond acceptors (Lipinski definition) is 2. The zero-order chi connectivity index (χ0) is 11.9. The van der Waals surface area contributed by atoms with Crippen LogP contribution in [-0.4, -0.2) is 12.4 Å². The summed E-state index contributed by atoms with van der Waals surface area (Å²) in [5.74, 6) is 0.795. The molecule has 0 spiro atoms. The first-order valence-corrected chi connectivity index (χ1v) is 6.50. The molecule has 0 saturated heterocycles. The van der Waals surface area contributed by atoms with Crippen LogP contribution in [0.25, 0.3) is 0 Å². The van der Waals surface area contributed by atoms with E-state index in [1.165, 1.54) is 5.56 Å². The summed E-state index contributed by atoms with van der Waals surface area (Å²) < 4.78 is 5.60. The predicted molar refractivity (Wildman–Crippen MR) is 67.7 cm³/mol. The Morgan fingerprint density at radius 1 is 1.24 bits per heavy atom. The molecule has 1 saturated carbocycles. The second kappa shape index (κ2) is 6.55. The summed E-state index contributed by atoms with van der Waals surface area (Å²) in [5, 5.41) is 0. The van der Waals surface area contributed by atoms with Gasteiger partial charge in [0, 0.05) is 18.9 Å². The number of carbonyl (C=O) groups is 1. The number of ether oxygens (including phenoxy) is 1. The second-order valence-electron chi connectivity index (χ2n) is 4.74. The largest absolute Gasteiger partial charge is 0.377 e. The fourth-order valence-electron chi connectivity index (χ4n) is 2.39. The first-order chi connectivity index (χ1) is 8.36. The van der Waals surface area contributed by atoms with Gasteiger partial charge in [0.05, 0.1) is 6.61 Å². The number of benzene rings is 1. The molecule has 0 bridgehead atoms. The van der Waals surface area contributed by atoms with Gasteiger partial charge in [-0.3, -0.25) is 4.79 Å². The third-order valence-electron chi connectivity index (χ3n) is 3.38. The van der Waals surface area contributed by atoms with E-state index in [4.69, 9.17) is 4.74 Å². The van der Waals surface area contributed by atoms with Gasteiger partial charge in [-0.2, -0.15) is 0 Å². The smallest absolute Gasteiger partial charge is 0.135 e. The minimum Gasteiger partial charge on any atom is -0.377 e. The van der Waals surface area contributed by atoms with Crippen LogP contribution in [0.4, 0.5) is 0 Å². The maximum absolute atomic E-state index is 11.4. The predicted octanol–water partition coefficient (Wildman–Crippen LogP) is 3.35. The summed E-state index contributed by atoms with van der Waals surface area (Å²) in [4.78, 5) is 11.4. The molecule has 0 heterocycles. The summed E-state index contributed by atoms with van der Waals surface area (Å²) in [6, 6.07) is 10.2. The van der Waals surface area contributed by atoms with Crippen LogP contribution in [0, 0.1) is 5.92 Å². The van der Waals surface area contributed by atoms with Crippen LogP contribution in [0.2, 0.25) is 0 Å². The molecular weight excluding hydrogens is 212 g/mol. The zero-order valence-electron chi connectivity index (χ0n) is 10.2. The van der Waals surface area contributed by atoms with Crippen LogP contribution in [-0.2, 0) is 16.1 Å². The van der Waals surface area contributed by atoms with E-state index in [-0.39, 0.29) is 0 Å². The van der Waals surface area contributed by atoms with Gasteiger partial charge in [0.25, 0.3) is 0 Å². The molecule has 0 aliphatic heterocycles. The van der Waals surface area contributed by atoms with Gasteiger partial charge in [-0.25, -0.2) is 0 Å². The van der Waals surface area contributed by atoms with Gasteiger partial charge in [0.15, 0.2) is 0 Å². The SMILES string of the molecule is O=C1CCCC1CCCOCc1ccccc1. The Hall–Kier alpha value is -1.15. The summed E-state index contributed by atoms with van der Waals surface area (Å²) >= 11 is 0. The van der Waals surface area contributed by atoms with E-state index in [0.717, 1.165) is 38.7 Å². The molecule has 1 aliphatic carbocycles. The Bertz CT molecular complexity index is 345. The number of carbonyl (C=O) groups excluding carboxylic acids is 1. The molecule has 2 nitrogen and oxygen atoms in total. The average molecular weight is 232 g/mol. The normalized spacial score (nSPS) is 19.8. The molecular formula is C15H20O2. The highest BCUT2D eigenvalue weighted by atomic mass is 16.5. The molecule has 1 aromatic carbocycles. The van der Waals surface area contributed by atoms with E-state index in [2.05, 4.69) is 12.1 Å². The van der Waals surface area contributed by atoms with Crippen LogP contribution >= 0.6 is 0 Å². The van der Waals surface area contributed by atoms with Gasteiger partial charge in [-0.05, 0) is 31.2 Å². The van der Waals surface area contributed by atoms with E-state index in [1.54, 1.807) is 0 Å². The maximum atomic E-state index is 11.4. The monoisotopic (exact) mass is 232 g/mol. The highest BCUT2D eigenvalue weighted by Gasteiger charge is 2.23. The van der Waals surface area contributed by atoms with Gasteiger partial charge in [-0.15, -0.1) is 0 Å². The van der Waals surface area contributed by atoms with Gasteiger partial charge in [-0.1, -0.05) is 30.3 Å². The fourth-order valence-corrected chi connectivity index (χ4v) is 2.39. The van der Waals surface area contributed by atoms with Crippen molar-refractivity contribution < 1.29 is 9.53 Å². The molecule has 0 amide bonds. The molecule has 17 heavy (non-hydrogen) atoms. The molecule has 0 radical (unpaired) electrons. The van der Waals surface area contributed by atoms with E-state index >= 15 is 0 Å². The van der Waals surface area contributed by atoms with E-state index in [1.807, 2.05) is 18.2 Å². The highest BCUT2D eigenvalue weighted by Crippen LogP contribution is 2.25. The standard InChI is InChI=1S/C15H20O2/c16-15-10-4-8-14(15)9-5-11-17-12-13-6-2-1-3-7-13/h1-3,6-7,14H,4-5,8-12H2. The number of hydrogen-bond donors (Lipinski definition) is 0. The lowest BCUT2D eigenvalue weighted by Gasteiger charge is -2.08. The van der Waals surface area contributed by atoms with Crippen LogP contribution in [0.3, 0.4) is 0 Å². The molecule has 92 valence electrons. The lowest BCUT2D eigenvalue weighted by atomic mass is 10.0. The molecule has 2 heteroatoms. The van der Waals surface area contributed by atoms with Crippen LogP contribution < -0.4 is 0 Å². The van der Waals surface area contributed by atoms with Crippen molar-refractivity contribution in [1.29, 1.82) is 0 Å². The summed E-state index contributed by atoms with van der Waals surface area (Å²) in [6.07, 6.45) is 5.00. The van der Waals surface area contributed by atoms with Crippen molar-refractivity contribution in [3.63, 3.8) is 0 Å². The Labute approximate surface area is 103 Å². The minimum atomic E-state index is 0.329. The molecule has 1 atom stereocenters. The summed E-state index contributed by atoms with van der Waals surface area (Å²) in [7, 11) is 0. The number of Topliss-reactive ketones (excluding diaryl/α,β-unsaturated/α-hetero) is 1. The molecule has 1 aliphatic rings. The van der Waals surface area contributed by atoms with Crippen molar-refractivity contribution in [3.8, 4) is 0 Å². The second-order valence-corrected chi connectivity index (χ2v) is 4.74. The third kappa shape index (κ3) is 3.97. The van der Waals surface area contributed by atoms with Gasteiger partial charge in [0.1, 0.15) is 5.78 Å². The Morgan fingerprint density at radius 3 is 2.76 bits per heavy atom. The summed E-state index contributed by atoms with van der Waals surface area (Å²) in [6.45, 7) is 1.44. The average Bonchev–Trinajstić information content (AvgIpc) is 2.76. The lowest BCUT2D eigenvalue weighted by molar-refractivity contribution is -0.120. The Morgan fingerprint density at radius 2 is 2.06 bits per heavy atom. The van der Waals surface area contributed by atoms with Crippen molar-refractivity contribution in [2.24, 2.45) is 5.92 Å². The maximum Gasteiger partial charge on any atom is 0.135 e. The highest BCUT2D eigenvalue weighted by molar-refractivity contribution is 5.82. The number of ketones is 1. The van der Waals surface area contributed by atoms with E-state index in [0.29, 0.717) is 18.3 Å². The first-order valence-electron chi connectivity index (χ1n) is 6.50. The van der Waals surface area contributed by atoms with Gasteiger partial charge < -0.3 is 4.74 Å². The van der Waals surface area contributed by atoms with Crippen molar-refractivity contribution in [2.75, 3.05) is 6.61 Å². The van der Waals surface area contributed by atoms with E-state index < -0.39 is 0 Å². The lowest BCUT2D eigenvalue weighted by Crippen LogP contribution is -2.07. The van der Waals surface area contributed by atoms with Gasteiger partial charge in [0.2, 0.25) is 0 Å². The Kier molecular flexibility index (Phi) is 4.75. The molecule has 0 aromatic heterocycles. The van der Waals surface area contributed by atoms with Gasteiger partial charge >= 0.3 is 0 Å². The van der Waals surface area contributed by atoms with Crippen molar-refractivity contribution in [1.82, 2.24) is 0 Å². The van der Waals surface area contributed by atoms with Crippen LogP contribution in [0.5, 0.6) is 0 Å². The molecule has 0 N–H and O–H groups in total. The Balaban J connectivity index is 1.56. The third-order valence-corrected chi connectivity index (χ3v) is 3.38. The van der Waals surface area contributed by atoms with Crippen molar-refractivity contribution >= 4 is 5.78 Å². The first kappa shape index (κ1) is 12.3. The molecule has 1 unspecified atom stereocenters. The zero-order valence-corrected chi connectivity index (χ0v) is 10.2. The minimum absolute atomic E-state index is 0.329. The fraction of sp³-hybridized carbons (Fsp3) is 0.533. The quantitative estimate of drug-likeness (QED) is 0.703. The topological polar surface area (TPSA) is 26.3 Å². The molecule has 1 aromatic rings. The molecule has 1 fully saturated rings. The van der Waals surface area contributed by atoms with Crippen LogP contribution in [0.1, 0.15) is 37.7 Å².